The van der Waals surface area contributed by atoms with Crippen LogP contribution in [0.2, 0.25) is 5.02 Å². The number of nitrogens with zero attached hydrogens (tertiary/aromatic N) is 2. The van der Waals surface area contributed by atoms with Gasteiger partial charge in [0.15, 0.2) is 0 Å². The summed E-state index contributed by atoms with van der Waals surface area (Å²) in [6.45, 7) is 0.314. The SMILES string of the molecule is N#Cc1c(N)[nH]c(=O)c(C#N)c1-c1cccc(OCc2ccc(Cl)cc2)c1. The molecule has 132 valence electrons. The maximum absolute atomic E-state index is 12.0. The van der Waals surface area contributed by atoms with Crippen LogP contribution in [0.3, 0.4) is 0 Å². The van der Waals surface area contributed by atoms with Crippen molar-refractivity contribution in [1.82, 2.24) is 4.98 Å². The number of nitrogens with one attached hydrogen (secondary N) is 1. The van der Waals surface area contributed by atoms with Crippen LogP contribution in [0.1, 0.15) is 16.7 Å². The molecule has 1 heterocycles. The summed E-state index contributed by atoms with van der Waals surface area (Å²) in [7, 11) is 0. The maximum atomic E-state index is 12.0. The van der Waals surface area contributed by atoms with Crippen molar-refractivity contribution in [2.45, 2.75) is 6.61 Å². The number of hydrogen-bond acceptors (Lipinski definition) is 5. The van der Waals surface area contributed by atoms with Gasteiger partial charge in [0, 0.05) is 10.6 Å². The van der Waals surface area contributed by atoms with Gasteiger partial charge < -0.3 is 15.5 Å². The molecule has 0 aliphatic heterocycles. The van der Waals surface area contributed by atoms with Gasteiger partial charge >= 0.3 is 0 Å². The molecule has 3 N–H and O–H groups in total. The average Bonchev–Trinajstić information content (AvgIpc) is 2.67. The van der Waals surface area contributed by atoms with Crippen molar-refractivity contribution < 1.29 is 4.74 Å². The molecule has 0 bridgehead atoms. The second-order valence-corrected chi connectivity index (χ2v) is 6.10. The number of H-pyrrole nitrogens is 1. The molecule has 0 saturated carbocycles. The first-order chi connectivity index (χ1) is 13.0. The standard InChI is InChI=1S/C20H13ClN4O2/c21-14-6-4-12(5-7-14)11-27-15-3-1-2-13(8-15)18-16(9-22)19(24)25-20(26)17(18)10-23/h1-8H,11H2,(H3,24,25,26). The number of benzene rings is 2. The van der Waals surface area contributed by atoms with Crippen molar-refractivity contribution >= 4 is 17.4 Å². The van der Waals surface area contributed by atoms with Gasteiger partial charge in [-0.1, -0.05) is 35.9 Å². The number of aromatic nitrogens is 1. The van der Waals surface area contributed by atoms with E-state index in [4.69, 9.17) is 22.1 Å². The summed E-state index contributed by atoms with van der Waals surface area (Å²) in [4.78, 5) is 14.4. The Morgan fingerprint density at radius 3 is 2.44 bits per heavy atom. The highest BCUT2D eigenvalue weighted by molar-refractivity contribution is 6.30. The lowest BCUT2D eigenvalue weighted by Crippen LogP contribution is -2.16. The lowest BCUT2D eigenvalue weighted by molar-refractivity contribution is 0.306. The number of halogens is 1. The first-order valence-electron chi connectivity index (χ1n) is 7.87. The number of ether oxygens (including phenoxy) is 1. The van der Waals surface area contributed by atoms with Crippen molar-refractivity contribution in [3.63, 3.8) is 0 Å². The summed E-state index contributed by atoms with van der Waals surface area (Å²) in [5, 5.41) is 19.4. The largest absolute Gasteiger partial charge is 0.489 e. The number of nitrogen functional groups attached to an aromatic ring is 1. The molecule has 7 heteroatoms. The molecule has 0 spiro atoms. The van der Waals surface area contributed by atoms with E-state index in [-0.39, 0.29) is 22.5 Å². The van der Waals surface area contributed by atoms with Crippen molar-refractivity contribution in [2.24, 2.45) is 0 Å². The third-order valence-electron chi connectivity index (χ3n) is 3.91. The molecule has 0 saturated heterocycles. The Kier molecular flexibility index (Phi) is 5.12. The first-order valence-corrected chi connectivity index (χ1v) is 8.25. The molecule has 0 fully saturated rings. The summed E-state index contributed by atoms with van der Waals surface area (Å²) in [6.07, 6.45) is 0. The molecule has 3 rings (SSSR count). The molecule has 0 atom stereocenters. The van der Waals surface area contributed by atoms with Gasteiger partial charge in [-0.05, 0) is 35.4 Å². The first kappa shape index (κ1) is 18.1. The molecule has 0 aliphatic carbocycles. The van der Waals surface area contributed by atoms with Crippen molar-refractivity contribution in [3.8, 4) is 29.0 Å². The highest BCUT2D eigenvalue weighted by atomic mass is 35.5. The molecular weight excluding hydrogens is 364 g/mol. The fourth-order valence-corrected chi connectivity index (χ4v) is 2.75. The van der Waals surface area contributed by atoms with E-state index in [1.165, 1.54) is 0 Å². The average molecular weight is 377 g/mol. The van der Waals surface area contributed by atoms with Crippen LogP contribution in [0.5, 0.6) is 5.75 Å². The Bertz CT molecular complexity index is 1140. The van der Waals surface area contributed by atoms with Crippen LogP contribution >= 0.6 is 11.6 Å². The Balaban J connectivity index is 1.99. The van der Waals surface area contributed by atoms with E-state index in [0.29, 0.717) is 22.9 Å². The number of nitrogens with two attached hydrogens (primary N) is 1. The summed E-state index contributed by atoms with van der Waals surface area (Å²) >= 11 is 5.87. The highest BCUT2D eigenvalue weighted by Crippen LogP contribution is 2.30. The van der Waals surface area contributed by atoms with Gasteiger partial charge in [0.2, 0.25) is 0 Å². The van der Waals surface area contributed by atoms with Crippen LogP contribution < -0.4 is 16.0 Å². The maximum Gasteiger partial charge on any atom is 0.268 e. The van der Waals surface area contributed by atoms with Crippen LogP contribution in [0.25, 0.3) is 11.1 Å². The van der Waals surface area contributed by atoms with Gasteiger partial charge in [0.1, 0.15) is 41.4 Å². The number of hydrogen-bond donors (Lipinski definition) is 2. The predicted molar refractivity (Wildman–Crippen MR) is 102 cm³/mol. The molecule has 2 aromatic carbocycles. The van der Waals surface area contributed by atoms with Crippen molar-refractivity contribution in [1.29, 1.82) is 10.5 Å². The Morgan fingerprint density at radius 1 is 1.07 bits per heavy atom. The van der Waals surface area contributed by atoms with Gasteiger partial charge in [-0.25, -0.2) is 0 Å². The van der Waals surface area contributed by atoms with Crippen LogP contribution in [-0.2, 0) is 6.61 Å². The summed E-state index contributed by atoms with van der Waals surface area (Å²) < 4.78 is 5.78. The van der Waals surface area contributed by atoms with Gasteiger partial charge in [0.05, 0.1) is 0 Å². The van der Waals surface area contributed by atoms with E-state index in [1.807, 2.05) is 24.3 Å². The molecule has 0 radical (unpaired) electrons. The summed E-state index contributed by atoms with van der Waals surface area (Å²) in [6, 6.07) is 17.8. The van der Waals surface area contributed by atoms with E-state index >= 15 is 0 Å². The topological polar surface area (TPSA) is 116 Å². The Hall–Kier alpha value is -3.74. The fraction of sp³-hybridized carbons (Fsp3) is 0.0500. The predicted octanol–water partition coefficient (Wildman–Crippen LogP) is 3.60. The van der Waals surface area contributed by atoms with E-state index in [2.05, 4.69) is 4.98 Å². The van der Waals surface area contributed by atoms with E-state index in [0.717, 1.165) is 5.56 Å². The molecule has 6 nitrogen and oxygen atoms in total. The van der Waals surface area contributed by atoms with Gasteiger partial charge in [0.25, 0.3) is 5.56 Å². The lowest BCUT2D eigenvalue weighted by Gasteiger charge is -2.11. The monoisotopic (exact) mass is 376 g/mol. The normalized spacial score (nSPS) is 10.0. The van der Waals surface area contributed by atoms with Gasteiger partial charge in [-0.3, -0.25) is 4.79 Å². The molecular formula is C20H13ClN4O2. The Labute approximate surface area is 160 Å². The van der Waals surface area contributed by atoms with E-state index < -0.39 is 5.56 Å². The van der Waals surface area contributed by atoms with Crippen LogP contribution in [0.4, 0.5) is 5.82 Å². The van der Waals surface area contributed by atoms with Gasteiger partial charge in [-0.2, -0.15) is 10.5 Å². The number of anilines is 1. The zero-order chi connectivity index (χ0) is 19.4. The van der Waals surface area contributed by atoms with Crippen molar-refractivity contribution in [3.05, 3.63) is 80.6 Å². The minimum atomic E-state index is -0.642. The second kappa shape index (κ2) is 7.65. The summed E-state index contributed by atoms with van der Waals surface area (Å²) in [5.74, 6) is 0.443. The highest BCUT2D eigenvalue weighted by Gasteiger charge is 2.18. The van der Waals surface area contributed by atoms with Gasteiger partial charge in [-0.15, -0.1) is 0 Å². The minimum Gasteiger partial charge on any atom is -0.489 e. The quantitative estimate of drug-likeness (QED) is 0.721. The number of pyridine rings is 1. The van der Waals surface area contributed by atoms with Crippen LogP contribution in [-0.4, -0.2) is 4.98 Å². The van der Waals surface area contributed by atoms with Crippen LogP contribution in [0, 0.1) is 22.7 Å². The molecule has 3 aromatic rings. The smallest absolute Gasteiger partial charge is 0.268 e. The Morgan fingerprint density at radius 2 is 1.78 bits per heavy atom. The van der Waals surface area contributed by atoms with Crippen LogP contribution in [0.15, 0.2) is 53.3 Å². The molecule has 0 unspecified atom stereocenters. The fourth-order valence-electron chi connectivity index (χ4n) is 2.62. The number of aromatic amines is 1. The van der Waals surface area contributed by atoms with Crippen molar-refractivity contribution in [2.75, 3.05) is 5.73 Å². The number of rotatable bonds is 4. The number of nitriles is 2. The summed E-state index contributed by atoms with van der Waals surface area (Å²) in [5.41, 5.74) is 6.60. The third kappa shape index (κ3) is 3.77. The van der Waals surface area contributed by atoms with E-state index in [1.54, 1.807) is 36.4 Å². The molecule has 1 aromatic heterocycles. The van der Waals surface area contributed by atoms with E-state index in [9.17, 15) is 15.3 Å². The zero-order valence-corrected chi connectivity index (χ0v) is 14.7. The second-order valence-electron chi connectivity index (χ2n) is 5.66. The lowest BCUT2D eigenvalue weighted by atomic mass is 9.96. The zero-order valence-electron chi connectivity index (χ0n) is 14.0. The minimum absolute atomic E-state index is 0.0426. The molecule has 0 aliphatic rings. The molecule has 0 amide bonds. The third-order valence-corrected chi connectivity index (χ3v) is 4.16. The molecule has 27 heavy (non-hydrogen) atoms.